The summed E-state index contributed by atoms with van der Waals surface area (Å²) in [6, 6.07) is 0. The summed E-state index contributed by atoms with van der Waals surface area (Å²) in [5.74, 6) is -1.37. The molecule has 22 heavy (non-hydrogen) atoms. The van der Waals surface area contributed by atoms with Gasteiger partial charge in [-0.1, -0.05) is 6.92 Å². The molecule has 1 aromatic heterocycles. The predicted molar refractivity (Wildman–Crippen MR) is 71.5 cm³/mol. The van der Waals surface area contributed by atoms with E-state index in [4.69, 9.17) is 15.6 Å². The summed E-state index contributed by atoms with van der Waals surface area (Å²) >= 11 is 0. The van der Waals surface area contributed by atoms with E-state index in [1.165, 1.54) is 6.92 Å². The maximum atomic E-state index is 12.2. The molecule has 1 aliphatic heterocycles. The van der Waals surface area contributed by atoms with Crippen molar-refractivity contribution in [3.63, 3.8) is 0 Å². The van der Waals surface area contributed by atoms with Crippen molar-refractivity contribution in [2.24, 2.45) is 5.73 Å². The van der Waals surface area contributed by atoms with Crippen LogP contribution in [0.5, 0.6) is 0 Å². The second-order valence-electron chi connectivity index (χ2n) is 4.80. The van der Waals surface area contributed by atoms with E-state index < -0.39 is 57.6 Å². The molecule has 1 aliphatic rings. The van der Waals surface area contributed by atoms with Gasteiger partial charge in [-0.15, -0.1) is 0 Å². The van der Waals surface area contributed by atoms with Gasteiger partial charge in [-0.3, -0.25) is 9.36 Å². The molecule has 124 valence electrons. The fraction of sp³-hybridized carbons (Fsp3) is 0.636. The minimum Gasteiger partial charge on any atom is -0.394 e. The zero-order chi connectivity index (χ0) is 16.7. The van der Waals surface area contributed by atoms with E-state index in [0.29, 0.717) is 0 Å². The number of nitrogens with two attached hydrogens (primary N) is 1. The van der Waals surface area contributed by atoms with Crippen molar-refractivity contribution < 1.29 is 33.3 Å². The molecule has 11 heteroatoms. The van der Waals surface area contributed by atoms with Gasteiger partial charge in [-0.2, -0.15) is 0 Å². The monoisotopic (exact) mass is 335 g/mol. The van der Waals surface area contributed by atoms with Gasteiger partial charge in [0.05, 0.1) is 18.7 Å². The lowest BCUT2D eigenvalue weighted by molar-refractivity contribution is -0.0566. The number of nitrogens with zero attached hydrogens (tertiary/aromatic N) is 2. The quantitative estimate of drug-likeness (QED) is 0.454. The summed E-state index contributed by atoms with van der Waals surface area (Å²) in [6.45, 7) is 0.802. The van der Waals surface area contributed by atoms with Crippen LogP contribution in [-0.4, -0.2) is 69.9 Å². The summed E-state index contributed by atoms with van der Waals surface area (Å²) in [7, 11) is -3.90. The van der Waals surface area contributed by atoms with Gasteiger partial charge in [0.15, 0.2) is 26.8 Å². The van der Waals surface area contributed by atoms with Crippen LogP contribution in [0.25, 0.3) is 0 Å². The number of sulfone groups is 1. The third-order valence-electron chi connectivity index (χ3n) is 3.45. The van der Waals surface area contributed by atoms with Crippen LogP contribution in [0, 0.1) is 0 Å². The van der Waals surface area contributed by atoms with E-state index >= 15 is 0 Å². The van der Waals surface area contributed by atoms with Crippen molar-refractivity contribution in [3.05, 3.63) is 12.0 Å². The molecule has 10 nitrogen and oxygen atoms in total. The average molecular weight is 335 g/mol. The number of ether oxygens (including phenoxy) is 1. The van der Waals surface area contributed by atoms with Crippen LogP contribution in [0.3, 0.4) is 0 Å². The second kappa shape index (κ2) is 5.93. The van der Waals surface area contributed by atoms with Crippen LogP contribution in [-0.2, 0) is 14.6 Å². The molecule has 0 spiro atoms. The first-order valence-electron chi connectivity index (χ1n) is 6.46. The standard InChI is InChI=1S/C11H17N3O7S/c1-2-22(19,20)11-6(9(12)18)13-4-14(11)10-8(17)7(16)5(3-15)21-10/h4-5,7-8,10,15-17H,2-3H2,1H3,(H2,12,18). The van der Waals surface area contributed by atoms with Crippen LogP contribution in [0.4, 0.5) is 0 Å². The highest BCUT2D eigenvalue weighted by Gasteiger charge is 2.45. The van der Waals surface area contributed by atoms with E-state index in [2.05, 4.69) is 4.98 Å². The van der Waals surface area contributed by atoms with Crippen molar-refractivity contribution in [1.82, 2.24) is 9.55 Å². The first-order chi connectivity index (χ1) is 10.2. The number of rotatable bonds is 5. The SMILES string of the molecule is CCS(=O)(=O)c1c(C(N)=O)ncn1C1OC(CO)C(O)C1O. The van der Waals surface area contributed by atoms with Gasteiger partial charge in [-0.05, 0) is 0 Å². The molecule has 5 N–H and O–H groups in total. The molecule has 0 bridgehead atoms. The number of aliphatic hydroxyl groups is 3. The van der Waals surface area contributed by atoms with Crippen molar-refractivity contribution in [2.45, 2.75) is 36.5 Å². The average Bonchev–Trinajstić information content (AvgIpc) is 3.03. The molecule has 0 aliphatic carbocycles. The number of imidazole rings is 1. The Morgan fingerprint density at radius 1 is 1.45 bits per heavy atom. The molecule has 4 atom stereocenters. The predicted octanol–water partition coefficient (Wildman–Crippen LogP) is -2.61. The molecular formula is C11H17N3O7S. The fourth-order valence-electron chi connectivity index (χ4n) is 2.25. The number of carbonyl (C=O) groups excluding carboxylic acids is 1. The van der Waals surface area contributed by atoms with E-state index in [1.807, 2.05) is 0 Å². The van der Waals surface area contributed by atoms with Gasteiger partial charge < -0.3 is 25.8 Å². The lowest BCUT2D eigenvalue weighted by Crippen LogP contribution is -2.33. The van der Waals surface area contributed by atoms with Crippen molar-refractivity contribution in [1.29, 1.82) is 0 Å². The van der Waals surface area contributed by atoms with Gasteiger partial charge in [0, 0.05) is 0 Å². The van der Waals surface area contributed by atoms with Crippen LogP contribution in [0.15, 0.2) is 11.4 Å². The number of amides is 1. The highest BCUT2D eigenvalue weighted by Crippen LogP contribution is 2.32. The third kappa shape index (κ3) is 2.61. The lowest BCUT2D eigenvalue weighted by Gasteiger charge is -2.18. The number of carbonyl (C=O) groups is 1. The lowest BCUT2D eigenvalue weighted by atomic mass is 10.1. The Morgan fingerprint density at radius 3 is 2.55 bits per heavy atom. The molecule has 2 heterocycles. The number of hydrogen-bond donors (Lipinski definition) is 4. The van der Waals surface area contributed by atoms with Gasteiger partial charge in [-0.25, -0.2) is 13.4 Å². The number of primary amides is 1. The van der Waals surface area contributed by atoms with E-state index in [1.54, 1.807) is 0 Å². The van der Waals surface area contributed by atoms with Gasteiger partial charge in [0.25, 0.3) is 5.91 Å². The van der Waals surface area contributed by atoms with Crippen LogP contribution < -0.4 is 5.73 Å². The fourth-order valence-corrected chi connectivity index (χ4v) is 3.45. The third-order valence-corrected chi connectivity index (χ3v) is 5.20. The molecule has 0 saturated carbocycles. The normalized spacial score (nSPS) is 28.9. The Bertz CT molecular complexity index is 671. The molecule has 1 aromatic rings. The molecule has 1 fully saturated rings. The molecular weight excluding hydrogens is 318 g/mol. The molecule has 0 aromatic carbocycles. The second-order valence-corrected chi connectivity index (χ2v) is 7.00. The van der Waals surface area contributed by atoms with Crippen LogP contribution in [0.2, 0.25) is 0 Å². The molecule has 1 saturated heterocycles. The van der Waals surface area contributed by atoms with Gasteiger partial charge in [0.1, 0.15) is 18.3 Å². The topological polar surface area (TPSA) is 165 Å². The Balaban J connectivity index is 2.56. The van der Waals surface area contributed by atoms with Crippen molar-refractivity contribution >= 4 is 15.7 Å². The van der Waals surface area contributed by atoms with Crippen molar-refractivity contribution in [3.8, 4) is 0 Å². The van der Waals surface area contributed by atoms with Crippen molar-refractivity contribution in [2.75, 3.05) is 12.4 Å². The van der Waals surface area contributed by atoms with Crippen LogP contribution >= 0.6 is 0 Å². The maximum Gasteiger partial charge on any atom is 0.270 e. The minimum atomic E-state index is -3.90. The van der Waals surface area contributed by atoms with Gasteiger partial charge in [0.2, 0.25) is 0 Å². The number of aromatic nitrogens is 2. The largest absolute Gasteiger partial charge is 0.394 e. The van der Waals surface area contributed by atoms with E-state index in [-0.39, 0.29) is 5.75 Å². The molecule has 1 amide bonds. The summed E-state index contributed by atoms with van der Waals surface area (Å²) in [6.07, 6.45) is -4.33. The zero-order valence-electron chi connectivity index (χ0n) is 11.7. The highest BCUT2D eigenvalue weighted by atomic mass is 32.2. The van der Waals surface area contributed by atoms with E-state index in [9.17, 15) is 23.4 Å². The summed E-state index contributed by atoms with van der Waals surface area (Å²) in [5, 5.41) is 28.3. The first-order valence-corrected chi connectivity index (χ1v) is 8.11. The van der Waals surface area contributed by atoms with E-state index in [0.717, 1.165) is 10.9 Å². The Kier molecular flexibility index (Phi) is 4.54. The summed E-state index contributed by atoms with van der Waals surface area (Å²) < 4.78 is 30.6. The zero-order valence-corrected chi connectivity index (χ0v) is 12.5. The summed E-state index contributed by atoms with van der Waals surface area (Å²) in [5.41, 5.74) is 4.65. The summed E-state index contributed by atoms with van der Waals surface area (Å²) in [4.78, 5) is 15.0. The maximum absolute atomic E-state index is 12.2. The highest BCUT2D eigenvalue weighted by molar-refractivity contribution is 7.91. The van der Waals surface area contributed by atoms with Gasteiger partial charge >= 0.3 is 0 Å². The number of aliphatic hydroxyl groups excluding tert-OH is 3. The molecule has 2 rings (SSSR count). The first kappa shape index (κ1) is 16.8. The molecule has 0 radical (unpaired) electrons. The number of hydrogen-bond acceptors (Lipinski definition) is 8. The van der Waals surface area contributed by atoms with Crippen LogP contribution in [0.1, 0.15) is 23.6 Å². The smallest absolute Gasteiger partial charge is 0.270 e. The Morgan fingerprint density at radius 2 is 2.09 bits per heavy atom. The minimum absolute atomic E-state index is 0.326. The molecule has 4 unspecified atom stereocenters. The Labute approximate surface area is 126 Å². The Hall–Kier alpha value is -1.53.